The summed E-state index contributed by atoms with van der Waals surface area (Å²) in [6.45, 7) is 7.97. The van der Waals surface area contributed by atoms with Crippen LogP contribution in [0.2, 0.25) is 0 Å². The molecule has 0 aromatic heterocycles. The number of nitrogens with one attached hydrogen (secondary N) is 1. The monoisotopic (exact) mass is 853 g/mol. The Morgan fingerprint density at radius 1 is 0.823 bits per heavy atom. The third-order valence-corrected chi connectivity index (χ3v) is 13.5. The molecule has 1 amide bonds. The molecule has 7 rings (SSSR count). The number of hydrogen-bond acceptors (Lipinski definition) is 14. The van der Waals surface area contributed by atoms with E-state index in [9.17, 15) is 39.3 Å². The fourth-order valence-corrected chi connectivity index (χ4v) is 10.2. The summed E-state index contributed by atoms with van der Waals surface area (Å²) in [6, 6.07) is 22.9. The van der Waals surface area contributed by atoms with Gasteiger partial charge in [-0.1, -0.05) is 80.6 Å². The predicted molar refractivity (Wildman–Crippen MR) is 218 cm³/mol. The van der Waals surface area contributed by atoms with Crippen LogP contribution in [0.15, 0.2) is 102 Å². The minimum absolute atomic E-state index is 0.00289. The fraction of sp³-hybridized carbons (Fsp3) is 0.447. The van der Waals surface area contributed by atoms with Crippen LogP contribution in [0.5, 0.6) is 0 Å². The van der Waals surface area contributed by atoms with Gasteiger partial charge in [-0.25, -0.2) is 9.59 Å². The Bertz CT molecular complexity index is 2280. The molecule has 4 aliphatic rings. The smallest absolute Gasteiger partial charge is 0.338 e. The quantitative estimate of drug-likeness (QED) is 0.130. The van der Waals surface area contributed by atoms with Crippen LogP contribution in [0.25, 0.3) is 0 Å². The summed E-state index contributed by atoms with van der Waals surface area (Å²) < 4.78 is 30.3. The lowest BCUT2D eigenvalue weighted by Gasteiger charge is -2.67. The molecule has 15 heteroatoms. The van der Waals surface area contributed by atoms with E-state index in [-0.39, 0.29) is 35.3 Å². The molecule has 3 fully saturated rings. The van der Waals surface area contributed by atoms with Crippen LogP contribution in [0.3, 0.4) is 0 Å². The van der Waals surface area contributed by atoms with Crippen LogP contribution in [0.4, 0.5) is 0 Å². The fourth-order valence-electron chi connectivity index (χ4n) is 10.2. The SMILES string of the molecule is CC(=O)O[C@H]1C(=O)[C@]2(C)[C@@H](O)C[C@@H]3OC[C@@]3(OC(C)=O)[C@@H]2[C@H](OC(=O)c2ccccc2)[C@]2(O)C[C@H](OC(=O)[C@H](O)[C@@H](NC(=O)c3ccccc3)c3ccccc3)C(C)=C1C2(C)C. The van der Waals surface area contributed by atoms with E-state index in [1.54, 1.807) is 92.7 Å². The Morgan fingerprint density at radius 2 is 1.40 bits per heavy atom. The van der Waals surface area contributed by atoms with Crippen molar-refractivity contribution in [3.63, 3.8) is 0 Å². The number of fused-ring (bicyclic) bond motifs is 5. The topological polar surface area (TPSA) is 221 Å². The molecule has 328 valence electrons. The molecule has 0 radical (unpaired) electrons. The van der Waals surface area contributed by atoms with Crippen molar-refractivity contribution in [2.24, 2.45) is 16.7 Å². The highest BCUT2D eigenvalue weighted by Crippen LogP contribution is 2.64. The number of aliphatic hydroxyl groups is 3. The number of esters is 4. The van der Waals surface area contributed by atoms with E-state index in [1.165, 1.54) is 26.0 Å². The summed E-state index contributed by atoms with van der Waals surface area (Å²) in [7, 11) is 0. The van der Waals surface area contributed by atoms with Gasteiger partial charge in [-0.3, -0.25) is 19.2 Å². The minimum atomic E-state index is -2.39. The summed E-state index contributed by atoms with van der Waals surface area (Å²) in [5.41, 5.74) is -7.02. The normalized spacial score (nSPS) is 31.9. The van der Waals surface area contributed by atoms with Crippen LogP contribution in [0.1, 0.15) is 86.7 Å². The first-order valence-electron chi connectivity index (χ1n) is 20.5. The molecule has 62 heavy (non-hydrogen) atoms. The average molecular weight is 854 g/mol. The van der Waals surface area contributed by atoms with E-state index in [0.29, 0.717) is 5.56 Å². The van der Waals surface area contributed by atoms with Gasteiger partial charge in [0.25, 0.3) is 5.91 Å². The first-order chi connectivity index (χ1) is 29.3. The van der Waals surface area contributed by atoms with E-state index < -0.39 is 113 Å². The van der Waals surface area contributed by atoms with E-state index in [4.69, 9.17) is 23.7 Å². The van der Waals surface area contributed by atoms with Gasteiger partial charge < -0.3 is 44.3 Å². The van der Waals surface area contributed by atoms with Gasteiger partial charge >= 0.3 is 23.9 Å². The van der Waals surface area contributed by atoms with Gasteiger partial charge in [0, 0.05) is 37.7 Å². The van der Waals surface area contributed by atoms with Gasteiger partial charge in [0.05, 0.1) is 35.6 Å². The number of rotatable bonds is 10. The maximum Gasteiger partial charge on any atom is 0.338 e. The highest BCUT2D eigenvalue weighted by molar-refractivity contribution is 5.96. The minimum Gasteiger partial charge on any atom is -0.456 e. The van der Waals surface area contributed by atoms with Crippen LogP contribution in [-0.4, -0.2) is 105 Å². The number of aliphatic hydroxyl groups excluding tert-OH is 2. The number of amides is 1. The van der Waals surface area contributed by atoms with Crippen molar-refractivity contribution in [3.05, 3.63) is 119 Å². The molecule has 2 bridgehead atoms. The first kappa shape index (κ1) is 44.3. The Hall–Kier alpha value is -5.74. The second-order valence-electron chi connectivity index (χ2n) is 17.4. The summed E-state index contributed by atoms with van der Waals surface area (Å²) in [5, 5.41) is 40.2. The zero-order chi connectivity index (χ0) is 44.9. The molecule has 11 atom stereocenters. The third kappa shape index (κ3) is 7.29. The van der Waals surface area contributed by atoms with Crippen molar-refractivity contribution in [3.8, 4) is 0 Å². The lowest BCUT2D eigenvalue weighted by molar-refractivity contribution is -0.346. The van der Waals surface area contributed by atoms with Crippen molar-refractivity contribution >= 4 is 35.6 Å². The molecule has 3 aromatic carbocycles. The number of ketones is 1. The lowest BCUT2D eigenvalue weighted by atomic mass is 9.44. The third-order valence-electron chi connectivity index (χ3n) is 13.5. The van der Waals surface area contributed by atoms with E-state index in [1.807, 2.05) is 0 Å². The Morgan fingerprint density at radius 3 is 1.95 bits per heavy atom. The van der Waals surface area contributed by atoms with Crippen molar-refractivity contribution in [1.82, 2.24) is 5.32 Å². The maximum absolute atomic E-state index is 15.5. The molecular formula is C47H51NO14. The Kier molecular flexibility index (Phi) is 11.8. The van der Waals surface area contributed by atoms with Crippen molar-refractivity contribution in [2.75, 3.05) is 6.61 Å². The number of benzene rings is 3. The van der Waals surface area contributed by atoms with Gasteiger partial charge in [-0.2, -0.15) is 0 Å². The molecule has 0 unspecified atom stereocenters. The summed E-state index contributed by atoms with van der Waals surface area (Å²) >= 11 is 0. The molecule has 1 saturated heterocycles. The molecular weight excluding hydrogens is 803 g/mol. The Labute approximate surface area is 358 Å². The lowest BCUT2D eigenvalue weighted by Crippen LogP contribution is -2.82. The summed E-state index contributed by atoms with van der Waals surface area (Å²) in [5.74, 6) is -6.84. The molecule has 3 aromatic rings. The van der Waals surface area contributed by atoms with Gasteiger partial charge in [-0.15, -0.1) is 0 Å². The number of Topliss-reactive ketones (excluding diaryl/α,β-unsaturated/α-hetero) is 1. The largest absolute Gasteiger partial charge is 0.456 e. The van der Waals surface area contributed by atoms with Gasteiger partial charge in [-0.05, 0) is 54.8 Å². The molecule has 4 N–H and O–H groups in total. The highest BCUT2D eigenvalue weighted by atomic mass is 16.6. The Balaban J connectivity index is 1.39. The number of carbonyl (C=O) groups excluding carboxylic acids is 6. The predicted octanol–water partition coefficient (Wildman–Crippen LogP) is 3.74. The second-order valence-corrected chi connectivity index (χ2v) is 17.4. The van der Waals surface area contributed by atoms with Crippen molar-refractivity contribution in [2.45, 2.75) is 108 Å². The zero-order valence-electron chi connectivity index (χ0n) is 35.2. The maximum atomic E-state index is 15.5. The first-order valence-corrected chi connectivity index (χ1v) is 20.5. The highest BCUT2D eigenvalue weighted by Gasteiger charge is 2.78. The van der Waals surface area contributed by atoms with Crippen molar-refractivity contribution < 1.29 is 67.8 Å². The van der Waals surface area contributed by atoms with Crippen molar-refractivity contribution in [1.29, 1.82) is 0 Å². The molecule has 3 aliphatic carbocycles. The average Bonchev–Trinajstić information content (AvgIpc) is 3.24. The standard InChI is InChI=1S/C47H51NO14/c1-25-31(60-43(56)36(52)35(28-16-10-7-11-17-28)48-41(54)29-18-12-8-13-19-29)23-47(57)40(61-42(55)30-20-14-9-15-21-30)38-45(6,32(51)22-33-46(38,24-58-33)62-27(3)50)39(53)37(59-26(2)49)34(25)44(47,4)5/h7-21,31-33,35-38,40,51-52,57H,22-24H2,1-6H3,(H,48,54)/t31-,32-,33-,35-,36+,37+,38+,40-,45+,46-,47+/m0/s1. The van der Waals surface area contributed by atoms with Crippen LogP contribution >= 0.6 is 0 Å². The van der Waals surface area contributed by atoms with Gasteiger partial charge in [0.15, 0.2) is 23.6 Å². The molecule has 1 aliphatic heterocycles. The van der Waals surface area contributed by atoms with Crippen LogP contribution < -0.4 is 5.32 Å². The summed E-state index contributed by atoms with van der Waals surface area (Å²) in [6.07, 6.45) is -10.5. The van der Waals surface area contributed by atoms with E-state index in [2.05, 4.69) is 5.32 Å². The van der Waals surface area contributed by atoms with Gasteiger partial charge in [0.1, 0.15) is 23.9 Å². The van der Waals surface area contributed by atoms with Gasteiger partial charge in [0.2, 0.25) is 0 Å². The number of carbonyl (C=O) groups is 6. The van der Waals surface area contributed by atoms with E-state index >= 15 is 4.79 Å². The second kappa shape index (κ2) is 16.5. The van der Waals surface area contributed by atoms with Crippen LogP contribution in [-0.2, 0) is 42.9 Å². The molecule has 15 nitrogen and oxygen atoms in total. The van der Waals surface area contributed by atoms with Crippen LogP contribution in [0, 0.1) is 16.7 Å². The number of ether oxygens (including phenoxy) is 5. The molecule has 0 spiro atoms. The number of hydrogen-bond donors (Lipinski definition) is 4. The van der Waals surface area contributed by atoms with E-state index in [0.717, 1.165) is 13.8 Å². The summed E-state index contributed by atoms with van der Waals surface area (Å²) in [4.78, 5) is 83.5. The zero-order valence-corrected chi connectivity index (χ0v) is 35.2. The molecule has 2 saturated carbocycles. The molecule has 1 heterocycles.